The molecule has 0 aromatic carbocycles. The summed E-state index contributed by atoms with van der Waals surface area (Å²) in [6.45, 7) is 1.98. The Morgan fingerprint density at radius 2 is 1.93 bits per heavy atom. The Labute approximate surface area is 158 Å². The van der Waals surface area contributed by atoms with E-state index >= 15 is 0 Å². The molecule has 2 aromatic heterocycles. The fourth-order valence-corrected chi connectivity index (χ4v) is 3.42. The second kappa shape index (κ2) is 7.36. The molecule has 1 aliphatic carbocycles. The minimum absolute atomic E-state index is 0.141. The summed E-state index contributed by atoms with van der Waals surface area (Å²) < 4.78 is 2.24. The first-order valence-electron chi connectivity index (χ1n) is 8.17. The number of hydrogen-bond acceptors (Lipinski definition) is 6. The van der Waals surface area contributed by atoms with E-state index in [2.05, 4.69) is 16.0 Å². The van der Waals surface area contributed by atoms with Gasteiger partial charge in [-0.25, -0.2) is 14.8 Å². The van der Waals surface area contributed by atoms with Crippen LogP contribution in [0.2, 0.25) is 0 Å². The van der Waals surface area contributed by atoms with Crippen LogP contribution in [0.1, 0.15) is 19.2 Å². The standard InChI is InChI=1S/C18H18N4O4S/c1-10-5-4-6-11(8-7-10)14-19-15-13(16(20-14)27-9-12(23)24)17(25)22(3)18(26)21(15)2/h5-8H,4,9H2,1-3H3,(H,23,24). The number of allylic oxidation sites excluding steroid dienone is 6. The summed E-state index contributed by atoms with van der Waals surface area (Å²) in [5.74, 6) is -0.936. The van der Waals surface area contributed by atoms with Gasteiger partial charge in [0.15, 0.2) is 11.5 Å². The van der Waals surface area contributed by atoms with E-state index in [1.807, 2.05) is 25.2 Å². The molecule has 0 atom stereocenters. The van der Waals surface area contributed by atoms with Gasteiger partial charge in [0.25, 0.3) is 5.56 Å². The normalized spacial score (nSPS) is 14.0. The number of carboxylic acid groups (broad SMARTS) is 1. The molecule has 3 rings (SSSR count). The van der Waals surface area contributed by atoms with E-state index < -0.39 is 17.2 Å². The molecular formula is C18H18N4O4S. The Kier molecular flexibility index (Phi) is 5.13. The molecule has 1 N–H and O–H groups in total. The van der Waals surface area contributed by atoms with Gasteiger partial charge in [-0.1, -0.05) is 41.6 Å². The Bertz CT molecular complexity index is 1150. The molecule has 0 saturated heterocycles. The predicted octanol–water partition coefficient (Wildman–Crippen LogP) is 1.49. The lowest BCUT2D eigenvalue weighted by Gasteiger charge is -2.11. The quantitative estimate of drug-likeness (QED) is 0.627. The number of nitrogens with zero attached hydrogens (tertiary/aromatic N) is 4. The van der Waals surface area contributed by atoms with E-state index in [1.165, 1.54) is 18.7 Å². The predicted molar refractivity (Wildman–Crippen MR) is 104 cm³/mol. The van der Waals surface area contributed by atoms with Crippen LogP contribution in [0.25, 0.3) is 16.6 Å². The smallest absolute Gasteiger partial charge is 0.332 e. The van der Waals surface area contributed by atoms with Crippen molar-refractivity contribution < 1.29 is 9.90 Å². The molecule has 27 heavy (non-hydrogen) atoms. The van der Waals surface area contributed by atoms with Gasteiger partial charge in [-0.2, -0.15) is 0 Å². The number of carbonyl (C=O) groups is 1. The fraction of sp³-hybridized carbons (Fsp3) is 0.278. The molecule has 0 unspecified atom stereocenters. The third-order valence-electron chi connectivity index (χ3n) is 4.16. The summed E-state index contributed by atoms with van der Waals surface area (Å²) in [6, 6.07) is 0. The third-order valence-corrected chi connectivity index (χ3v) is 5.12. The van der Waals surface area contributed by atoms with Crippen molar-refractivity contribution in [3.8, 4) is 0 Å². The van der Waals surface area contributed by atoms with Gasteiger partial charge in [0.05, 0.1) is 5.75 Å². The van der Waals surface area contributed by atoms with E-state index in [4.69, 9.17) is 5.11 Å². The first-order valence-corrected chi connectivity index (χ1v) is 9.16. The van der Waals surface area contributed by atoms with E-state index in [0.717, 1.165) is 27.5 Å². The molecule has 1 aliphatic rings. The number of fused-ring (bicyclic) bond motifs is 1. The summed E-state index contributed by atoms with van der Waals surface area (Å²) in [6.07, 6.45) is 8.49. The summed E-state index contributed by atoms with van der Waals surface area (Å²) >= 11 is 0.936. The number of rotatable bonds is 4. The van der Waals surface area contributed by atoms with Crippen LogP contribution in [0.5, 0.6) is 0 Å². The highest BCUT2D eigenvalue weighted by Gasteiger charge is 2.19. The number of carboxylic acids is 1. The molecule has 2 heterocycles. The Balaban J connectivity index is 2.30. The summed E-state index contributed by atoms with van der Waals surface area (Å²) in [5.41, 5.74) is 0.980. The molecule has 0 aliphatic heterocycles. The summed E-state index contributed by atoms with van der Waals surface area (Å²) in [4.78, 5) is 44.8. The maximum Gasteiger partial charge on any atom is 0.332 e. The van der Waals surface area contributed by atoms with E-state index in [0.29, 0.717) is 12.2 Å². The second-order valence-corrected chi connectivity index (χ2v) is 7.08. The molecule has 8 nitrogen and oxygen atoms in total. The molecule has 140 valence electrons. The zero-order valence-electron chi connectivity index (χ0n) is 15.1. The minimum Gasteiger partial charge on any atom is -0.481 e. The van der Waals surface area contributed by atoms with Crippen molar-refractivity contribution in [1.82, 2.24) is 19.1 Å². The van der Waals surface area contributed by atoms with Gasteiger partial charge in [0.2, 0.25) is 0 Å². The lowest BCUT2D eigenvalue weighted by Crippen LogP contribution is -2.37. The molecule has 0 saturated carbocycles. The van der Waals surface area contributed by atoms with Crippen molar-refractivity contribution in [2.45, 2.75) is 18.4 Å². The highest BCUT2D eigenvalue weighted by Crippen LogP contribution is 2.26. The minimum atomic E-state index is -1.02. The Hall–Kier alpha value is -2.94. The molecular weight excluding hydrogens is 368 g/mol. The first kappa shape index (κ1) is 18.8. The highest BCUT2D eigenvalue weighted by atomic mass is 32.2. The largest absolute Gasteiger partial charge is 0.481 e. The second-order valence-electron chi connectivity index (χ2n) is 6.12. The maximum absolute atomic E-state index is 12.6. The number of aliphatic carboxylic acids is 1. The number of hydrogen-bond donors (Lipinski definition) is 1. The Morgan fingerprint density at radius 1 is 1.19 bits per heavy atom. The Morgan fingerprint density at radius 3 is 2.63 bits per heavy atom. The molecule has 0 fully saturated rings. The van der Waals surface area contributed by atoms with Gasteiger partial charge in [-0.3, -0.25) is 18.7 Å². The first-order chi connectivity index (χ1) is 12.8. The molecule has 0 radical (unpaired) electrons. The van der Waals surface area contributed by atoms with E-state index in [1.54, 1.807) is 0 Å². The fourth-order valence-electron chi connectivity index (χ4n) is 2.69. The van der Waals surface area contributed by atoms with Crippen molar-refractivity contribution in [3.63, 3.8) is 0 Å². The van der Waals surface area contributed by atoms with Crippen molar-refractivity contribution >= 4 is 34.3 Å². The van der Waals surface area contributed by atoms with Gasteiger partial charge in [-0.15, -0.1) is 0 Å². The maximum atomic E-state index is 12.6. The van der Waals surface area contributed by atoms with Gasteiger partial charge in [0, 0.05) is 19.7 Å². The molecule has 9 heteroatoms. The lowest BCUT2D eigenvalue weighted by molar-refractivity contribution is -0.133. The van der Waals surface area contributed by atoms with Crippen molar-refractivity contribution in [1.29, 1.82) is 0 Å². The monoisotopic (exact) mass is 386 g/mol. The van der Waals surface area contributed by atoms with Gasteiger partial charge < -0.3 is 5.11 Å². The number of aryl methyl sites for hydroxylation is 1. The van der Waals surface area contributed by atoms with Crippen LogP contribution in [0, 0.1) is 0 Å². The van der Waals surface area contributed by atoms with Crippen LogP contribution in [0.15, 0.2) is 44.5 Å². The van der Waals surface area contributed by atoms with Crippen LogP contribution in [-0.4, -0.2) is 35.9 Å². The average Bonchev–Trinajstić information content (AvgIpc) is 2.86. The zero-order chi connectivity index (χ0) is 19.7. The molecule has 0 amide bonds. The van der Waals surface area contributed by atoms with Crippen LogP contribution in [0.3, 0.4) is 0 Å². The zero-order valence-corrected chi connectivity index (χ0v) is 15.9. The van der Waals surface area contributed by atoms with Crippen LogP contribution in [-0.2, 0) is 18.9 Å². The topological polar surface area (TPSA) is 107 Å². The summed E-state index contributed by atoms with van der Waals surface area (Å²) in [7, 11) is 2.89. The van der Waals surface area contributed by atoms with Crippen molar-refractivity contribution in [2.75, 3.05) is 5.75 Å². The van der Waals surface area contributed by atoms with E-state index in [-0.39, 0.29) is 21.8 Å². The van der Waals surface area contributed by atoms with Crippen molar-refractivity contribution in [3.05, 3.63) is 56.5 Å². The molecule has 0 bridgehead atoms. The average molecular weight is 386 g/mol. The van der Waals surface area contributed by atoms with Gasteiger partial charge >= 0.3 is 11.7 Å². The van der Waals surface area contributed by atoms with Crippen LogP contribution >= 0.6 is 11.8 Å². The SMILES string of the molecule is CC1=CCC=C(c2nc(SCC(=O)O)c3c(=O)n(C)c(=O)n(C)c3n2)C=C1. The lowest BCUT2D eigenvalue weighted by atomic mass is 10.2. The number of aromatic nitrogens is 4. The highest BCUT2D eigenvalue weighted by molar-refractivity contribution is 8.00. The van der Waals surface area contributed by atoms with Crippen molar-refractivity contribution in [2.24, 2.45) is 14.1 Å². The third kappa shape index (κ3) is 3.63. The van der Waals surface area contributed by atoms with Gasteiger partial charge in [0.1, 0.15) is 10.4 Å². The van der Waals surface area contributed by atoms with E-state index in [9.17, 15) is 14.4 Å². The van der Waals surface area contributed by atoms with Crippen LogP contribution < -0.4 is 11.2 Å². The number of thioether (sulfide) groups is 1. The van der Waals surface area contributed by atoms with Gasteiger partial charge in [-0.05, 0) is 13.3 Å². The summed E-state index contributed by atoms with van der Waals surface area (Å²) in [5, 5.41) is 9.41. The molecule has 0 spiro atoms. The van der Waals surface area contributed by atoms with Crippen LogP contribution in [0.4, 0.5) is 0 Å². The molecule has 2 aromatic rings.